The van der Waals surface area contributed by atoms with Gasteiger partial charge in [0.15, 0.2) is 0 Å². The lowest BCUT2D eigenvalue weighted by atomic mass is 10.1. The van der Waals surface area contributed by atoms with Crippen LogP contribution in [0.4, 0.5) is 4.39 Å². The molecule has 0 saturated heterocycles. The Morgan fingerprint density at radius 1 is 1.27 bits per heavy atom. The van der Waals surface area contributed by atoms with Gasteiger partial charge in [-0.15, -0.1) is 0 Å². The fraction of sp³-hybridized carbons (Fsp3) is 0.300. The molecule has 0 nitrogen and oxygen atoms in total. The molecule has 0 aromatic heterocycles. The Labute approximate surface area is 67.1 Å². The van der Waals surface area contributed by atoms with Gasteiger partial charge >= 0.3 is 0 Å². The maximum absolute atomic E-state index is 13.1. The molecule has 0 amide bonds. The third kappa shape index (κ3) is 2.34. The van der Waals surface area contributed by atoms with Crippen LogP contribution >= 0.6 is 0 Å². The van der Waals surface area contributed by atoms with Crippen LogP contribution < -0.4 is 0 Å². The van der Waals surface area contributed by atoms with Gasteiger partial charge in [0, 0.05) is 0 Å². The summed E-state index contributed by atoms with van der Waals surface area (Å²) in [5.74, 6) is 0. The van der Waals surface area contributed by atoms with E-state index in [-0.39, 0.29) is 0 Å². The van der Waals surface area contributed by atoms with Gasteiger partial charge < -0.3 is 0 Å². The molecule has 0 fully saturated rings. The Kier molecular flexibility index (Phi) is 3.09. The van der Waals surface area contributed by atoms with Gasteiger partial charge in [-0.25, -0.2) is 4.39 Å². The Balaban J connectivity index is 2.61. The molecule has 1 aromatic carbocycles. The zero-order chi connectivity index (χ0) is 8.10. The molecule has 1 unspecified atom stereocenters. The molecule has 0 aliphatic heterocycles. The average molecular weight is 151 g/mol. The van der Waals surface area contributed by atoms with Crippen molar-refractivity contribution >= 4 is 0 Å². The normalized spacial score (nSPS) is 12.9. The number of halogens is 1. The number of hydrogen-bond donors (Lipinski definition) is 0. The van der Waals surface area contributed by atoms with Gasteiger partial charge in [0.05, 0.1) is 0 Å². The molecule has 0 aliphatic rings. The van der Waals surface area contributed by atoms with Crippen molar-refractivity contribution in [2.24, 2.45) is 0 Å². The SMILES string of the molecule is [CH2]CCC(F)c1ccccc1. The van der Waals surface area contributed by atoms with Crippen molar-refractivity contribution < 1.29 is 4.39 Å². The number of alkyl halides is 1. The zero-order valence-electron chi connectivity index (χ0n) is 6.46. The molecular weight excluding hydrogens is 139 g/mol. The molecule has 1 rings (SSSR count). The smallest absolute Gasteiger partial charge is 0.125 e. The number of hydrogen-bond acceptors (Lipinski definition) is 0. The highest BCUT2D eigenvalue weighted by atomic mass is 19.1. The van der Waals surface area contributed by atoms with Gasteiger partial charge in [-0.1, -0.05) is 43.7 Å². The lowest BCUT2D eigenvalue weighted by Gasteiger charge is -2.05. The molecule has 0 heterocycles. The predicted octanol–water partition coefficient (Wildman–Crippen LogP) is 3.31. The molecule has 1 atom stereocenters. The predicted molar refractivity (Wildman–Crippen MR) is 44.9 cm³/mol. The van der Waals surface area contributed by atoms with Crippen molar-refractivity contribution in [1.29, 1.82) is 0 Å². The van der Waals surface area contributed by atoms with Crippen LogP contribution in [0.15, 0.2) is 30.3 Å². The first-order valence-electron chi connectivity index (χ1n) is 3.83. The van der Waals surface area contributed by atoms with Crippen molar-refractivity contribution in [3.05, 3.63) is 42.8 Å². The average Bonchev–Trinajstić information content (AvgIpc) is 2.07. The van der Waals surface area contributed by atoms with E-state index in [9.17, 15) is 4.39 Å². The van der Waals surface area contributed by atoms with E-state index < -0.39 is 6.17 Å². The molecule has 0 spiro atoms. The highest BCUT2D eigenvalue weighted by Crippen LogP contribution is 2.21. The van der Waals surface area contributed by atoms with E-state index in [2.05, 4.69) is 6.92 Å². The van der Waals surface area contributed by atoms with Crippen LogP contribution in [0.5, 0.6) is 0 Å². The van der Waals surface area contributed by atoms with Gasteiger partial charge in [0.1, 0.15) is 6.17 Å². The summed E-state index contributed by atoms with van der Waals surface area (Å²) < 4.78 is 13.1. The van der Waals surface area contributed by atoms with Crippen molar-refractivity contribution in [1.82, 2.24) is 0 Å². The molecule has 59 valence electrons. The molecule has 1 aromatic rings. The van der Waals surface area contributed by atoms with E-state index >= 15 is 0 Å². The van der Waals surface area contributed by atoms with Crippen LogP contribution in [-0.4, -0.2) is 0 Å². The second-order valence-corrected chi connectivity index (χ2v) is 2.52. The minimum absolute atomic E-state index is 0.518. The first kappa shape index (κ1) is 8.25. The maximum Gasteiger partial charge on any atom is 0.125 e. The standard InChI is InChI=1S/C10H12F/c1-2-6-10(11)9-7-4-3-5-8-9/h3-5,7-8,10H,1-2,6H2. The summed E-state index contributed by atoms with van der Waals surface area (Å²) in [5.41, 5.74) is 0.760. The number of rotatable bonds is 3. The molecule has 1 heteroatoms. The fourth-order valence-electron chi connectivity index (χ4n) is 1.01. The summed E-state index contributed by atoms with van der Waals surface area (Å²) in [7, 11) is 0. The van der Waals surface area contributed by atoms with Crippen molar-refractivity contribution in [3.8, 4) is 0 Å². The minimum atomic E-state index is -0.839. The lowest BCUT2D eigenvalue weighted by molar-refractivity contribution is 0.325. The molecule has 11 heavy (non-hydrogen) atoms. The van der Waals surface area contributed by atoms with Crippen LogP contribution in [-0.2, 0) is 0 Å². The Hall–Kier alpha value is -0.850. The van der Waals surface area contributed by atoms with Crippen LogP contribution in [0, 0.1) is 6.92 Å². The topological polar surface area (TPSA) is 0 Å². The van der Waals surface area contributed by atoms with E-state index in [0.29, 0.717) is 12.8 Å². The van der Waals surface area contributed by atoms with Crippen LogP contribution in [0.1, 0.15) is 24.6 Å². The molecule has 0 bridgehead atoms. The molecular formula is C10H12F. The maximum atomic E-state index is 13.1. The van der Waals surface area contributed by atoms with Crippen molar-refractivity contribution in [2.75, 3.05) is 0 Å². The summed E-state index contributed by atoms with van der Waals surface area (Å²) in [4.78, 5) is 0. The number of benzene rings is 1. The van der Waals surface area contributed by atoms with E-state index in [0.717, 1.165) is 5.56 Å². The summed E-state index contributed by atoms with van der Waals surface area (Å²) in [6, 6.07) is 9.21. The van der Waals surface area contributed by atoms with Crippen LogP contribution in [0.2, 0.25) is 0 Å². The fourth-order valence-corrected chi connectivity index (χ4v) is 1.01. The van der Waals surface area contributed by atoms with Crippen molar-refractivity contribution in [2.45, 2.75) is 19.0 Å². The second kappa shape index (κ2) is 4.12. The van der Waals surface area contributed by atoms with Gasteiger partial charge in [-0.3, -0.25) is 0 Å². The molecule has 0 N–H and O–H groups in total. The Morgan fingerprint density at radius 2 is 1.91 bits per heavy atom. The monoisotopic (exact) mass is 151 g/mol. The van der Waals surface area contributed by atoms with Crippen LogP contribution in [0.25, 0.3) is 0 Å². The lowest BCUT2D eigenvalue weighted by Crippen LogP contribution is -1.89. The van der Waals surface area contributed by atoms with E-state index in [1.54, 1.807) is 12.1 Å². The van der Waals surface area contributed by atoms with Gasteiger partial charge in [0.25, 0.3) is 0 Å². The summed E-state index contributed by atoms with van der Waals surface area (Å²) in [6.45, 7) is 3.61. The molecule has 1 radical (unpaired) electrons. The first-order valence-corrected chi connectivity index (χ1v) is 3.83. The van der Waals surface area contributed by atoms with Crippen molar-refractivity contribution in [3.63, 3.8) is 0 Å². The van der Waals surface area contributed by atoms with Gasteiger partial charge in [0.2, 0.25) is 0 Å². The summed E-state index contributed by atoms with van der Waals surface area (Å²) in [6.07, 6.45) is 0.328. The largest absolute Gasteiger partial charge is 0.242 e. The summed E-state index contributed by atoms with van der Waals surface area (Å²) in [5, 5.41) is 0. The Bertz CT molecular complexity index is 193. The van der Waals surface area contributed by atoms with Gasteiger partial charge in [-0.05, 0) is 12.0 Å². The van der Waals surface area contributed by atoms with Crippen LogP contribution in [0.3, 0.4) is 0 Å². The van der Waals surface area contributed by atoms with E-state index in [4.69, 9.17) is 0 Å². The van der Waals surface area contributed by atoms with Gasteiger partial charge in [-0.2, -0.15) is 0 Å². The quantitative estimate of drug-likeness (QED) is 0.621. The molecule has 0 saturated carbocycles. The highest BCUT2D eigenvalue weighted by molar-refractivity contribution is 5.17. The third-order valence-electron chi connectivity index (χ3n) is 1.62. The first-order chi connectivity index (χ1) is 5.34. The summed E-state index contributed by atoms with van der Waals surface area (Å²) >= 11 is 0. The van der Waals surface area contributed by atoms with E-state index in [1.807, 2.05) is 18.2 Å². The highest BCUT2D eigenvalue weighted by Gasteiger charge is 2.05. The second-order valence-electron chi connectivity index (χ2n) is 2.52. The van der Waals surface area contributed by atoms with E-state index in [1.165, 1.54) is 0 Å². The minimum Gasteiger partial charge on any atom is -0.242 e. The molecule has 0 aliphatic carbocycles. The Morgan fingerprint density at radius 3 is 2.45 bits per heavy atom. The zero-order valence-corrected chi connectivity index (χ0v) is 6.46. The third-order valence-corrected chi connectivity index (χ3v) is 1.62.